The minimum atomic E-state index is -4.37. The molecule has 0 amide bonds. The molecule has 0 bridgehead atoms. The van der Waals surface area contributed by atoms with Gasteiger partial charge in [-0.15, -0.1) is 0 Å². The topological polar surface area (TPSA) is 37.2 Å². The molecule has 0 fully saturated rings. The van der Waals surface area contributed by atoms with Crippen molar-refractivity contribution in [3.05, 3.63) is 29.8 Å². The Morgan fingerprint density at radius 2 is 2.18 bits per heavy atom. The standard InChI is InChI=1S/C7H5F3N3OP3/c8-7(9,10)5-2-1-3-6(4-5)14-13-16-11-15-12-17-13/h1-4,16H. The van der Waals surface area contributed by atoms with E-state index in [1.807, 2.05) is 0 Å². The fourth-order valence-electron chi connectivity index (χ4n) is 1.02. The van der Waals surface area contributed by atoms with Crippen LogP contribution in [-0.2, 0) is 6.18 Å². The molecule has 10 heteroatoms. The van der Waals surface area contributed by atoms with E-state index in [0.717, 1.165) is 12.1 Å². The Morgan fingerprint density at radius 1 is 1.35 bits per heavy atom. The lowest BCUT2D eigenvalue weighted by molar-refractivity contribution is -0.137. The monoisotopic (exact) mass is 297 g/mol. The van der Waals surface area contributed by atoms with Crippen molar-refractivity contribution in [1.82, 2.24) is 4.60 Å². The van der Waals surface area contributed by atoms with Gasteiger partial charge < -0.3 is 4.84 Å². The smallest absolute Gasteiger partial charge is 0.391 e. The lowest BCUT2D eigenvalue weighted by Crippen LogP contribution is -2.08. The van der Waals surface area contributed by atoms with Crippen LogP contribution in [0.15, 0.2) is 33.3 Å². The van der Waals surface area contributed by atoms with E-state index < -0.39 is 11.7 Å². The van der Waals surface area contributed by atoms with Crippen LogP contribution in [0.1, 0.15) is 5.56 Å². The Morgan fingerprint density at radius 3 is 2.82 bits per heavy atom. The molecule has 17 heavy (non-hydrogen) atoms. The van der Waals surface area contributed by atoms with Crippen molar-refractivity contribution in [1.29, 1.82) is 0 Å². The van der Waals surface area contributed by atoms with Gasteiger partial charge in [-0.05, 0) is 22.8 Å². The van der Waals surface area contributed by atoms with Gasteiger partial charge in [0.05, 0.1) is 5.56 Å². The van der Waals surface area contributed by atoms with E-state index in [-0.39, 0.29) is 14.6 Å². The maximum atomic E-state index is 12.4. The number of rotatable bonds is 2. The molecule has 1 aromatic rings. The van der Waals surface area contributed by atoms with Crippen LogP contribution in [0.2, 0.25) is 0 Å². The molecule has 1 heterocycles. The maximum Gasteiger partial charge on any atom is 0.416 e. The largest absolute Gasteiger partial charge is 0.416 e. The van der Waals surface area contributed by atoms with Gasteiger partial charge in [0, 0.05) is 0 Å². The molecule has 1 aromatic carbocycles. The highest BCUT2D eigenvalue weighted by Crippen LogP contribution is 2.40. The molecule has 0 aliphatic carbocycles. The zero-order chi connectivity index (χ0) is 12.3. The third kappa shape index (κ3) is 3.68. The summed E-state index contributed by atoms with van der Waals surface area (Å²) in [5.74, 6) is 0.129. The first-order valence-corrected chi connectivity index (χ1v) is 6.77. The van der Waals surface area contributed by atoms with Crippen LogP contribution in [-0.4, -0.2) is 4.60 Å². The summed E-state index contributed by atoms with van der Waals surface area (Å²) in [5, 5.41) is 0. The minimum absolute atomic E-state index is 0.0382. The molecule has 2 rings (SSSR count). The zero-order valence-corrected chi connectivity index (χ0v) is 10.9. The number of hydrogen-bond donors (Lipinski definition) is 0. The molecule has 0 radical (unpaired) electrons. The molecular formula is C7H5F3N3OP3. The first kappa shape index (κ1) is 12.8. The van der Waals surface area contributed by atoms with Crippen LogP contribution in [0.4, 0.5) is 13.2 Å². The SMILES string of the molecule is FC(F)(F)c1cccc(ON2P=NP=NP2)c1. The Hall–Kier alpha value is -0.600. The van der Waals surface area contributed by atoms with E-state index in [9.17, 15) is 13.2 Å². The molecule has 0 spiro atoms. The first-order valence-electron chi connectivity index (χ1n) is 4.27. The molecule has 4 nitrogen and oxygen atoms in total. The average molecular weight is 297 g/mol. The first-order chi connectivity index (χ1) is 8.05. The average Bonchev–Trinajstić information content (AvgIpc) is 2.29. The molecule has 1 aliphatic heterocycles. The number of benzene rings is 1. The van der Waals surface area contributed by atoms with E-state index in [4.69, 9.17) is 4.84 Å². The Kier molecular flexibility index (Phi) is 4.05. The third-order valence-corrected chi connectivity index (χ3v) is 4.09. The molecule has 1 unspecified atom stereocenters. The van der Waals surface area contributed by atoms with Gasteiger partial charge in [-0.3, -0.25) is 0 Å². The van der Waals surface area contributed by atoms with Crippen LogP contribution < -0.4 is 4.84 Å². The predicted octanol–water partition coefficient (Wildman–Crippen LogP) is 4.91. The number of hydrogen-bond acceptors (Lipinski definition) is 4. The fourth-order valence-corrected chi connectivity index (χ4v) is 3.60. The van der Waals surface area contributed by atoms with E-state index in [1.165, 1.54) is 16.7 Å². The summed E-state index contributed by atoms with van der Waals surface area (Å²) < 4.78 is 46.5. The second kappa shape index (κ2) is 5.36. The molecule has 0 N–H and O–H groups in total. The van der Waals surface area contributed by atoms with Crippen molar-refractivity contribution >= 4 is 25.9 Å². The quantitative estimate of drug-likeness (QED) is 0.727. The van der Waals surface area contributed by atoms with E-state index in [2.05, 4.69) is 9.03 Å². The van der Waals surface area contributed by atoms with Gasteiger partial charge in [0.25, 0.3) is 0 Å². The molecular weight excluding hydrogens is 292 g/mol. The van der Waals surface area contributed by atoms with Gasteiger partial charge in [0.1, 0.15) is 14.6 Å². The lowest BCUT2D eigenvalue weighted by Gasteiger charge is -2.15. The van der Waals surface area contributed by atoms with Crippen molar-refractivity contribution < 1.29 is 18.0 Å². The summed E-state index contributed by atoms with van der Waals surface area (Å²) in [6.45, 7) is 0. The molecule has 90 valence electrons. The summed E-state index contributed by atoms with van der Waals surface area (Å²) in [4.78, 5) is 5.23. The predicted molar refractivity (Wildman–Crippen MR) is 60.9 cm³/mol. The van der Waals surface area contributed by atoms with Crippen LogP contribution >= 0.6 is 25.9 Å². The van der Waals surface area contributed by atoms with Gasteiger partial charge in [0.2, 0.25) is 0 Å². The molecule has 1 atom stereocenters. The minimum Gasteiger partial charge on any atom is -0.391 e. The molecule has 0 aromatic heterocycles. The Balaban J connectivity index is 2.11. The fraction of sp³-hybridized carbons (Fsp3) is 0.143. The normalized spacial score (nSPS) is 19.5. The van der Waals surface area contributed by atoms with Crippen LogP contribution in [0.5, 0.6) is 5.75 Å². The van der Waals surface area contributed by atoms with Gasteiger partial charge in [-0.2, -0.15) is 17.7 Å². The Labute approximate surface area is 99.9 Å². The van der Waals surface area contributed by atoms with Crippen molar-refractivity contribution in [3.63, 3.8) is 0 Å². The number of halogens is 3. The van der Waals surface area contributed by atoms with Crippen LogP contribution in [0, 0.1) is 0 Å². The third-order valence-electron chi connectivity index (χ3n) is 1.69. The highest BCUT2D eigenvalue weighted by Gasteiger charge is 2.30. The number of alkyl halides is 3. The van der Waals surface area contributed by atoms with Crippen molar-refractivity contribution in [2.45, 2.75) is 6.18 Å². The van der Waals surface area contributed by atoms with Gasteiger partial charge in [0.15, 0.2) is 17.0 Å². The van der Waals surface area contributed by atoms with Gasteiger partial charge in [-0.1, -0.05) is 6.07 Å². The highest BCUT2D eigenvalue weighted by atomic mass is 31.2. The van der Waals surface area contributed by atoms with Crippen LogP contribution in [0.25, 0.3) is 0 Å². The van der Waals surface area contributed by atoms with E-state index >= 15 is 0 Å². The summed E-state index contributed by atoms with van der Waals surface area (Å²) >= 11 is 0. The lowest BCUT2D eigenvalue weighted by atomic mass is 10.2. The maximum absolute atomic E-state index is 12.4. The second-order valence-corrected chi connectivity index (χ2v) is 6.08. The van der Waals surface area contributed by atoms with Crippen molar-refractivity contribution in [3.8, 4) is 5.75 Å². The van der Waals surface area contributed by atoms with Crippen molar-refractivity contribution in [2.24, 2.45) is 9.03 Å². The summed E-state index contributed by atoms with van der Waals surface area (Å²) in [5.41, 5.74) is -0.737. The highest BCUT2D eigenvalue weighted by molar-refractivity contribution is 7.55. The van der Waals surface area contributed by atoms with Crippen molar-refractivity contribution in [2.75, 3.05) is 0 Å². The summed E-state index contributed by atoms with van der Waals surface area (Å²) in [7, 11) is 1.21. The second-order valence-electron chi connectivity index (χ2n) is 2.86. The number of nitrogens with zero attached hydrogens (tertiary/aromatic N) is 3. The van der Waals surface area contributed by atoms with Gasteiger partial charge in [-0.25, -0.2) is 4.52 Å². The molecule has 0 saturated heterocycles. The molecule has 1 aliphatic rings. The zero-order valence-electron chi connectivity index (χ0n) is 8.09. The Bertz CT molecular complexity index is 465. The van der Waals surface area contributed by atoms with Crippen LogP contribution in [0.3, 0.4) is 0 Å². The molecule has 0 saturated carbocycles. The van der Waals surface area contributed by atoms with E-state index in [0.29, 0.717) is 17.0 Å². The van der Waals surface area contributed by atoms with Gasteiger partial charge >= 0.3 is 6.18 Å². The summed E-state index contributed by atoms with van der Waals surface area (Å²) in [6, 6.07) is 4.71. The summed E-state index contributed by atoms with van der Waals surface area (Å²) in [6.07, 6.45) is -4.37. The van der Waals surface area contributed by atoms with E-state index in [1.54, 1.807) is 0 Å².